The van der Waals surface area contributed by atoms with Crippen LogP contribution < -0.4 is 29.6 Å². The molecule has 0 aliphatic heterocycles. The van der Waals surface area contributed by atoms with Crippen LogP contribution in [-0.2, 0) is 10.1 Å². The second-order valence-electron chi connectivity index (χ2n) is 8.78. The van der Waals surface area contributed by atoms with Crippen molar-refractivity contribution in [1.29, 1.82) is 0 Å². The zero-order valence-corrected chi connectivity index (χ0v) is 23.0. The fourth-order valence-electron chi connectivity index (χ4n) is 4.01. The molecular weight excluding hydrogens is 407 g/mol. The molecule has 0 aliphatic carbocycles. The van der Waals surface area contributed by atoms with Gasteiger partial charge in [0.05, 0.1) is 10.1 Å². The quantitative estimate of drug-likeness (QED) is 0.143. The van der Waals surface area contributed by atoms with E-state index in [2.05, 4.69) is 6.92 Å². The molecule has 0 saturated heterocycles. The van der Waals surface area contributed by atoms with E-state index in [9.17, 15) is 13.0 Å². The minimum Gasteiger partial charge on any atom is -0.748 e. The monoisotopic (exact) mass is 456 g/mol. The second-order valence-corrected chi connectivity index (χ2v) is 10.4. The largest absolute Gasteiger partial charge is 1.00 e. The molecule has 1 atom stereocenters. The van der Waals surface area contributed by atoms with E-state index < -0.39 is 15.4 Å². The maximum Gasteiger partial charge on any atom is 1.00 e. The molecule has 1 unspecified atom stereocenters. The van der Waals surface area contributed by atoms with E-state index in [4.69, 9.17) is 5.11 Å². The number of aliphatic hydroxyl groups is 1. The van der Waals surface area contributed by atoms with Crippen LogP contribution in [0.5, 0.6) is 0 Å². The Morgan fingerprint density at radius 1 is 0.600 bits per heavy atom. The number of unbranched alkanes of at least 4 members (excludes halogenated alkanes) is 17. The number of rotatable bonds is 23. The van der Waals surface area contributed by atoms with Gasteiger partial charge in [0.2, 0.25) is 0 Å². The standard InChI is InChI=1S/C24H50O4S.Na/c1-2-3-4-5-6-7-8-9-10-12-15-18-21-24(29(26,27)28)22-19-16-13-11-14-17-20-23-25;/h24-25H,2-23H2,1H3,(H,26,27,28);/q;+1/p-1. The predicted octanol–water partition coefficient (Wildman–Crippen LogP) is 4.11. The van der Waals surface area contributed by atoms with E-state index in [1.54, 1.807) is 0 Å². The maximum absolute atomic E-state index is 11.5. The van der Waals surface area contributed by atoms with E-state index in [-0.39, 0.29) is 36.2 Å². The first-order valence-electron chi connectivity index (χ1n) is 12.6. The molecule has 1 N–H and O–H groups in total. The van der Waals surface area contributed by atoms with E-state index in [1.165, 1.54) is 57.8 Å². The van der Waals surface area contributed by atoms with Crippen molar-refractivity contribution in [2.45, 2.75) is 147 Å². The molecule has 30 heavy (non-hydrogen) atoms. The van der Waals surface area contributed by atoms with Crippen LogP contribution in [0.2, 0.25) is 0 Å². The van der Waals surface area contributed by atoms with Crippen molar-refractivity contribution in [3.8, 4) is 0 Å². The van der Waals surface area contributed by atoms with Gasteiger partial charge in [-0.05, 0) is 19.3 Å². The summed E-state index contributed by atoms with van der Waals surface area (Å²) in [5, 5.41) is 8.06. The Kier molecular flexibility index (Phi) is 27.0. The van der Waals surface area contributed by atoms with Gasteiger partial charge in [-0.1, -0.05) is 122 Å². The zero-order valence-electron chi connectivity index (χ0n) is 20.2. The third-order valence-corrected chi connectivity index (χ3v) is 7.26. The van der Waals surface area contributed by atoms with Crippen molar-refractivity contribution in [3.05, 3.63) is 0 Å². The van der Waals surface area contributed by atoms with Crippen LogP contribution in [0.3, 0.4) is 0 Å². The van der Waals surface area contributed by atoms with E-state index >= 15 is 0 Å². The van der Waals surface area contributed by atoms with Gasteiger partial charge in [0.25, 0.3) is 0 Å². The summed E-state index contributed by atoms with van der Waals surface area (Å²) in [6, 6.07) is 0. The first kappa shape index (κ1) is 33.0. The molecule has 0 bridgehead atoms. The molecule has 0 saturated carbocycles. The molecule has 0 aliphatic rings. The number of hydrogen-bond acceptors (Lipinski definition) is 4. The number of aliphatic hydroxyl groups excluding tert-OH is 1. The zero-order chi connectivity index (χ0) is 21.6. The van der Waals surface area contributed by atoms with Crippen LogP contribution >= 0.6 is 0 Å². The SMILES string of the molecule is CCCCCCCCCCCCCCC(CCCCCCCCCO)S(=O)(=O)[O-].[Na+]. The molecule has 0 radical (unpaired) electrons. The van der Waals surface area contributed by atoms with Crippen LogP contribution in [0.25, 0.3) is 0 Å². The molecule has 0 spiro atoms. The third kappa shape index (κ3) is 23.5. The Morgan fingerprint density at radius 2 is 0.900 bits per heavy atom. The molecule has 0 aromatic heterocycles. The molecule has 0 aromatic rings. The average Bonchev–Trinajstić information content (AvgIpc) is 2.68. The Bertz CT molecular complexity index is 429. The molecule has 0 heterocycles. The topological polar surface area (TPSA) is 77.4 Å². The van der Waals surface area contributed by atoms with E-state index in [1.807, 2.05) is 0 Å². The van der Waals surface area contributed by atoms with E-state index in [0.29, 0.717) is 12.8 Å². The summed E-state index contributed by atoms with van der Waals surface area (Å²) in [4.78, 5) is 0. The van der Waals surface area contributed by atoms with Gasteiger partial charge in [-0.25, -0.2) is 8.42 Å². The fraction of sp³-hybridized carbons (Fsp3) is 1.00. The van der Waals surface area contributed by atoms with Crippen molar-refractivity contribution in [3.63, 3.8) is 0 Å². The molecule has 0 fully saturated rings. The van der Waals surface area contributed by atoms with E-state index in [0.717, 1.165) is 64.2 Å². The summed E-state index contributed by atoms with van der Waals surface area (Å²) in [6.07, 6.45) is 23.3. The van der Waals surface area contributed by atoms with Gasteiger partial charge in [-0.3, -0.25) is 0 Å². The van der Waals surface area contributed by atoms with Crippen LogP contribution in [-0.4, -0.2) is 29.9 Å². The van der Waals surface area contributed by atoms with Gasteiger partial charge in [-0.2, -0.15) is 0 Å². The van der Waals surface area contributed by atoms with Crippen molar-refractivity contribution in [2.75, 3.05) is 6.61 Å². The normalized spacial score (nSPS) is 12.6. The summed E-state index contributed by atoms with van der Waals surface area (Å²) in [7, 11) is -4.16. The molecule has 0 aromatic carbocycles. The molecule has 176 valence electrons. The van der Waals surface area contributed by atoms with Crippen LogP contribution in [0.4, 0.5) is 0 Å². The van der Waals surface area contributed by atoms with Gasteiger partial charge in [0.1, 0.15) is 0 Å². The smallest absolute Gasteiger partial charge is 0.748 e. The van der Waals surface area contributed by atoms with Crippen LogP contribution in [0, 0.1) is 0 Å². The minimum absolute atomic E-state index is 0. The average molecular weight is 457 g/mol. The summed E-state index contributed by atoms with van der Waals surface area (Å²) >= 11 is 0. The first-order chi connectivity index (χ1) is 14.0. The Labute approximate surface area is 210 Å². The maximum atomic E-state index is 11.5. The molecule has 0 amide bonds. The first-order valence-corrected chi connectivity index (χ1v) is 14.0. The predicted molar refractivity (Wildman–Crippen MR) is 123 cm³/mol. The summed E-state index contributed by atoms with van der Waals surface area (Å²) < 4.78 is 34.6. The van der Waals surface area contributed by atoms with Gasteiger partial charge in [-0.15, -0.1) is 0 Å². The Balaban J connectivity index is 0. The van der Waals surface area contributed by atoms with Crippen molar-refractivity contribution < 1.29 is 47.6 Å². The van der Waals surface area contributed by atoms with Gasteiger partial charge >= 0.3 is 29.6 Å². The summed E-state index contributed by atoms with van der Waals surface area (Å²) in [5.74, 6) is 0. The molecule has 6 heteroatoms. The van der Waals surface area contributed by atoms with Crippen LogP contribution in [0.1, 0.15) is 142 Å². The molecule has 0 rings (SSSR count). The van der Waals surface area contributed by atoms with Crippen molar-refractivity contribution >= 4 is 10.1 Å². The fourth-order valence-corrected chi connectivity index (χ4v) is 4.92. The second kappa shape index (κ2) is 24.5. The summed E-state index contributed by atoms with van der Waals surface area (Å²) in [5.41, 5.74) is 0. The summed E-state index contributed by atoms with van der Waals surface area (Å²) in [6.45, 7) is 2.51. The van der Waals surface area contributed by atoms with Crippen molar-refractivity contribution in [2.24, 2.45) is 0 Å². The number of hydrogen-bond donors (Lipinski definition) is 1. The Hall–Kier alpha value is 0.870. The van der Waals surface area contributed by atoms with Crippen molar-refractivity contribution in [1.82, 2.24) is 0 Å². The van der Waals surface area contributed by atoms with Crippen LogP contribution in [0.15, 0.2) is 0 Å². The molecular formula is C24H49NaO4S. The van der Waals surface area contributed by atoms with Gasteiger partial charge in [0.15, 0.2) is 0 Å². The van der Waals surface area contributed by atoms with Gasteiger partial charge < -0.3 is 9.66 Å². The van der Waals surface area contributed by atoms with Gasteiger partial charge in [0, 0.05) is 11.9 Å². The molecule has 4 nitrogen and oxygen atoms in total. The third-order valence-electron chi connectivity index (χ3n) is 5.97. The Morgan fingerprint density at radius 3 is 1.20 bits per heavy atom. The minimum atomic E-state index is -4.16.